The van der Waals surface area contributed by atoms with E-state index in [1.54, 1.807) is 0 Å². The van der Waals surface area contributed by atoms with Crippen molar-refractivity contribution < 1.29 is 14.1 Å². The molecule has 3 atom stereocenters. The van der Waals surface area contributed by atoms with E-state index in [9.17, 15) is 14.5 Å². The second-order valence-corrected chi connectivity index (χ2v) is 5.66. The summed E-state index contributed by atoms with van der Waals surface area (Å²) >= 11 is 0. The molecule has 1 aromatic rings. The average molecular weight is 296 g/mol. The molecular formula is C15H21FN2O3. The van der Waals surface area contributed by atoms with Gasteiger partial charge in [-0.3, -0.25) is 10.1 Å². The number of hydrogen-bond donors (Lipinski definition) is 1. The van der Waals surface area contributed by atoms with Crippen molar-refractivity contribution >= 4 is 11.4 Å². The van der Waals surface area contributed by atoms with Gasteiger partial charge in [-0.05, 0) is 31.9 Å². The van der Waals surface area contributed by atoms with Gasteiger partial charge in [-0.1, -0.05) is 13.8 Å². The van der Waals surface area contributed by atoms with Crippen molar-refractivity contribution in [3.05, 3.63) is 34.1 Å². The molecule has 0 radical (unpaired) electrons. The molecule has 21 heavy (non-hydrogen) atoms. The monoisotopic (exact) mass is 296 g/mol. The number of nitrogens with one attached hydrogen (secondary N) is 1. The van der Waals surface area contributed by atoms with Crippen LogP contribution in [0.4, 0.5) is 15.8 Å². The van der Waals surface area contributed by atoms with Gasteiger partial charge in [0.05, 0.1) is 11.0 Å². The summed E-state index contributed by atoms with van der Waals surface area (Å²) in [5.41, 5.74) is 0.0562. The molecule has 3 unspecified atom stereocenters. The van der Waals surface area contributed by atoms with E-state index >= 15 is 0 Å². The SMILES string of the molecule is CCOC1CC(Nc2ccc(F)c([N+](=O)[O-])c2)C1(C)CC. The van der Waals surface area contributed by atoms with Crippen LogP contribution in [-0.4, -0.2) is 23.7 Å². The minimum atomic E-state index is -0.815. The molecule has 2 rings (SSSR count). The fraction of sp³-hybridized carbons (Fsp3) is 0.600. The lowest BCUT2D eigenvalue weighted by Crippen LogP contribution is -2.59. The summed E-state index contributed by atoms with van der Waals surface area (Å²) in [5, 5.41) is 14.1. The molecule has 0 aromatic heterocycles. The first-order chi connectivity index (χ1) is 9.92. The first-order valence-electron chi connectivity index (χ1n) is 7.24. The lowest BCUT2D eigenvalue weighted by molar-refractivity contribution is -0.387. The van der Waals surface area contributed by atoms with E-state index in [1.807, 2.05) is 6.92 Å². The highest BCUT2D eigenvalue weighted by atomic mass is 19.1. The zero-order chi connectivity index (χ0) is 15.6. The zero-order valence-electron chi connectivity index (χ0n) is 12.6. The summed E-state index contributed by atoms with van der Waals surface area (Å²) in [6, 6.07) is 4.08. The third kappa shape index (κ3) is 2.85. The van der Waals surface area contributed by atoms with Crippen molar-refractivity contribution in [2.45, 2.75) is 45.8 Å². The molecule has 1 aliphatic rings. The molecule has 116 valence electrons. The molecule has 6 heteroatoms. The fourth-order valence-electron chi connectivity index (χ4n) is 2.92. The van der Waals surface area contributed by atoms with Gasteiger partial charge in [-0.2, -0.15) is 4.39 Å². The minimum absolute atomic E-state index is 0.0147. The maximum atomic E-state index is 13.3. The first kappa shape index (κ1) is 15.7. The van der Waals surface area contributed by atoms with Crippen LogP contribution in [0.5, 0.6) is 0 Å². The first-order valence-corrected chi connectivity index (χ1v) is 7.24. The number of rotatable bonds is 6. The lowest BCUT2D eigenvalue weighted by Gasteiger charge is -2.53. The van der Waals surface area contributed by atoms with Crippen LogP contribution in [0.15, 0.2) is 18.2 Å². The van der Waals surface area contributed by atoms with Gasteiger partial charge in [0.15, 0.2) is 0 Å². The highest BCUT2D eigenvalue weighted by Gasteiger charge is 2.51. The van der Waals surface area contributed by atoms with Gasteiger partial charge in [-0.25, -0.2) is 0 Å². The van der Waals surface area contributed by atoms with Gasteiger partial charge in [0.25, 0.3) is 0 Å². The molecule has 0 bridgehead atoms. The van der Waals surface area contributed by atoms with Crippen molar-refractivity contribution in [3.63, 3.8) is 0 Å². The maximum Gasteiger partial charge on any atom is 0.306 e. The fourth-order valence-corrected chi connectivity index (χ4v) is 2.92. The molecule has 0 aliphatic heterocycles. The summed E-state index contributed by atoms with van der Waals surface area (Å²) < 4.78 is 19.1. The summed E-state index contributed by atoms with van der Waals surface area (Å²) in [6.07, 6.45) is 1.99. The molecule has 1 fully saturated rings. The Balaban J connectivity index is 2.12. The minimum Gasteiger partial charge on any atom is -0.381 e. The lowest BCUT2D eigenvalue weighted by atomic mass is 9.61. The number of halogens is 1. The number of anilines is 1. The Morgan fingerprint density at radius 2 is 2.24 bits per heavy atom. The summed E-state index contributed by atoms with van der Waals surface area (Å²) in [6.45, 7) is 6.90. The van der Waals surface area contributed by atoms with Crippen LogP contribution in [0.25, 0.3) is 0 Å². The number of benzene rings is 1. The molecule has 0 saturated heterocycles. The Morgan fingerprint density at radius 1 is 1.52 bits per heavy atom. The number of nitro groups is 1. The summed E-state index contributed by atoms with van der Waals surface area (Å²) in [7, 11) is 0. The molecular weight excluding hydrogens is 275 g/mol. The van der Waals surface area contributed by atoms with Crippen LogP contribution in [0.1, 0.15) is 33.6 Å². The van der Waals surface area contributed by atoms with Gasteiger partial charge in [0.2, 0.25) is 5.82 Å². The van der Waals surface area contributed by atoms with Gasteiger partial charge < -0.3 is 10.1 Å². The van der Waals surface area contributed by atoms with E-state index < -0.39 is 16.4 Å². The molecule has 1 aliphatic carbocycles. The number of hydrogen-bond acceptors (Lipinski definition) is 4. The van der Waals surface area contributed by atoms with Gasteiger partial charge >= 0.3 is 5.69 Å². The van der Waals surface area contributed by atoms with Gasteiger partial charge in [0.1, 0.15) is 0 Å². The van der Waals surface area contributed by atoms with Crippen molar-refractivity contribution in [1.29, 1.82) is 0 Å². The second-order valence-electron chi connectivity index (χ2n) is 5.66. The van der Waals surface area contributed by atoms with Crippen LogP contribution in [-0.2, 0) is 4.74 Å². The quantitative estimate of drug-likeness (QED) is 0.641. The normalized spacial score (nSPS) is 28.0. The van der Waals surface area contributed by atoms with Crippen LogP contribution in [0.3, 0.4) is 0 Å². The highest BCUT2D eigenvalue weighted by molar-refractivity contribution is 5.53. The Labute approximate surface area is 123 Å². The van der Waals surface area contributed by atoms with Crippen molar-refractivity contribution in [2.75, 3.05) is 11.9 Å². The predicted octanol–water partition coefficient (Wildman–Crippen LogP) is 3.74. The van der Waals surface area contributed by atoms with Crippen molar-refractivity contribution in [1.82, 2.24) is 0 Å². The van der Waals surface area contributed by atoms with Crippen molar-refractivity contribution in [2.24, 2.45) is 5.41 Å². The van der Waals surface area contributed by atoms with Crippen molar-refractivity contribution in [3.8, 4) is 0 Å². The van der Waals surface area contributed by atoms with Gasteiger partial charge in [-0.15, -0.1) is 0 Å². The second kappa shape index (κ2) is 5.97. The van der Waals surface area contributed by atoms with E-state index in [4.69, 9.17) is 4.74 Å². The maximum absolute atomic E-state index is 13.3. The third-order valence-electron chi connectivity index (χ3n) is 4.59. The smallest absolute Gasteiger partial charge is 0.306 e. The third-order valence-corrected chi connectivity index (χ3v) is 4.59. The van der Waals surface area contributed by atoms with E-state index in [0.29, 0.717) is 12.3 Å². The summed E-state index contributed by atoms with van der Waals surface area (Å²) in [5.74, 6) is -0.815. The highest BCUT2D eigenvalue weighted by Crippen LogP contribution is 2.47. The Bertz CT molecular complexity index is 538. The molecule has 1 saturated carbocycles. The standard InChI is InChI=1S/C15H21FN2O3/c1-4-15(3)13(9-14(15)21-5-2)17-10-6-7-11(16)12(8-10)18(19)20/h6-8,13-14,17H,4-5,9H2,1-3H3. The van der Waals surface area contributed by atoms with E-state index in [-0.39, 0.29) is 17.6 Å². The van der Waals surface area contributed by atoms with Gasteiger partial charge in [0, 0.05) is 29.8 Å². The van der Waals surface area contributed by atoms with Crippen LogP contribution < -0.4 is 5.32 Å². The molecule has 0 amide bonds. The largest absolute Gasteiger partial charge is 0.381 e. The topological polar surface area (TPSA) is 64.4 Å². The van der Waals surface area contributed by atoms with Crippen LogP contribution in [0, 0.1) is 21.3 Å². The molecule has 0 heterocycles. The average Bonchev–Trinajstić information content (AvgIpc) is 2.46. The number of nitrogens with zero attached hydrogens (tertiary/aromatic N) is 1. The zero-order valence-corrected chi connectivity index (χ0v) is 12.6. The van der Waals surface area contributed by atoms with E-state index in [0.717, 1.165) is 18.9 Å². The Hall–Kier alpha value is -1.69. The molecule has 0 spiro atoms. The molecule has 1 N–H and O–H groups in total. The van der Waals surface area contributed by atoms with E-state index in [1.165, 1.54) is 12.1 Å². The van der Waals surface area contributed by atoms with Crippen LogP contribution in [0.2, 0.25) is 0 Å². The Morgan fingerprint density at radius 3 is 2.81 bits per heavy atom. The number of ether oxygens (including phenoxy) is 1. The molecule has 1 aromatic carbocycles. The van der Waals surface area contributed by atoms with E-state index in [2.05, 4.69) is 19.2 Å². The molecule has 5 nitrogen and oxygen atoms in total. The predicted molar refractivity (Wildman–Crippen MR) is 78.9 cm³/mol. The Kier molecular flexibility index (Phi) is 4.46. The summed E-state index contributed by atoms with van der Waals surface area (Å²) in [4.78, 5) is 10.1. The number of nitro benzene ring substituents is 1. The van der Waals surface area contributed by atoms with Crippen LogP contribution >= 0.6 is 0 Å².